The van der Waals surface area contributed by atoms with E-state index < -0.39 is 6.64 Å². The molecule has 14 heavy (non-hydrogen) atoms. The van der Waals surface area contributed by atoms with E-state index in [2.05, 4.69) is 4.67 Å². The highest BCUT2D eigenvalue weighted by Gasteiger charge is 2.28. The summed E-state index contributed by atoms with van der Waals surface area (Å²) in [6, 6.07) is 0. The Morgan fingerprint density at radius 2 is 1.57 bits per heavy atom. The van der Waals surface area contributed by atoms with Gasteiger partial charge in [-0.25, -0.2) is 4.67 Å². The molecular formula is C9H20NO2PS. The molecule has 0 aliphatic carbocycles. The highest BCUT2D eigenvalue weighted by atomic mass is 32.5. The molecule has 0 aromatic carbocycles. The predicted octanol–water partition coefficient (Wildman–Crippen LogP) is 2.77. The first-order valence-corrected chi connectivity index (χ1v) is 7.96. The van der Waals surface area contributed by atoms with E-state index >= 15 is 0 Å². The zero-order chi connectivity index (χ0) is 10.4. The molecule has 0 amide bonds. The fraction of sp³-hybridized carbons (Fsp3) is 1.00. The Morgan fingerprint density at radius 1 is 1.07 bits per heavy atom. The van der Waals surface area contributed by atoms with Crippen LogP contribution < -0.4 is 0 Å². The van der Waals surface area contributed by atoms with Gasteiger partial charge in [0.1, 0.15) is 0 Å². The number of hydrogen-bond donors (Lipinski definition) is 0. The van der Waals surface area contributed by atoms with Crippen molar-refractivity contribution < 1.29 is 9.05 Å². The summed E-state index contributed by atoms with van der Waals surface area (Å²) >= 11 is 5.51. The van der Waals surface area contributed by atoms with Crippen molar-refractivity contribution in [2.45, 2.75) is 33.1 Å². The molecule has 0 atom stereocenters. The summed E-state index contributed by atoms with van der Waals surface area (Å²) in [5.74, 6) is 0. The van der Waals surface area contributed by atoms with Crippen LogP contribution in [0.1, 0.15) is 33.1 Å². The largest absolute Gasteiger partial charge is 0.318 e. The maximum atomic E-state index is 5.64. The minimum absolute atomic E-state index is 0.647. The average molecular weight is 237 g/mol. The second-order valence-electron chi connectivity index (χ2n) is 3.32. The maximum Gasteiger partial charge on any atom is 0.263 e. The lowest BCUT2D eigenvalue weighted by atomic mass is 10.2. The van der Waals surface area contributed by atoms with Crippen molar-refractivity contribution in [1.29, 1.82) is 0 Å². The van der Waals surface area contributed by atoms with Gasteiger partial charge < -0.3 is 9.05 Å². The van der Waals surface area contributed by atoms with Crippen molar-refractivity contribution in [3.8, 4) is 0 Å². The normalized spacial score (nSPS) is 19.9. The second-order valence-corrected chi connectivity index (χ2v) is 6.72. The van der Waals surface area contributed by atoms with E-state index in [1.807, 2.05) is 13.8 Å². The standard InChI is InChI=1S/C9H20NO2PS/c1-3-11-13(14,12-4-2)10-8-6-5-7-9-10/h3-9H2,1-2H3. The zero-order valence-electron chi connectivity index (χ0n) is 9.07. The summed E-state index contributed by atoms with van der Waals surface area (Å²) in [6.45, 7) is 5.20. The van der Waals surface area contributed by atoms with Gasteiger partial charge >= 0.3 is 0 Å². The van der Waals surface area contributed by atoms with Gasteiger partial charge in [-0.1, -0.05) is 6.42 Å². The van der Waals surface area contributed by atoms with E-state index in [1.54, 1.807) is 0 Å². The summed E-state index contributed by atoms with van der Waals surface area (Å²) < 4.78 is 13.5. The molecule has 0 spiro atoms. The minimum atomic E-state index is -2.13. The van der Waals surface area contributed by atoms with Gasteiger partial charge in [0.05, 0.1) is 13.2 Å². The first-order chi connectivity index (χ1) is 6.73. The fourth-order valence-corrected chi connectivity index (χ4v) is 4.60. The SMILES string of the molecule is CCOP(=S)(OCC)N1CCCCC1. The number of hydrogen-bond acceptors (Lipinski definition) is 3. The van der Waals surface area contributed by atoms with Crippen molar-refractivity contribution in [2.75, 3.05) is 26.3 Å². The Labute approximate surface area is 92.0 Å². The third-order valence-electron chi connectivity index (χ3n) is 2.26. The lowest BCUT2D eigenvalue weighted by molar-refractivity contribution is 0.202. The summed E-state index contributed by atoms with van der Waals surface area (Å²) in [4.78, 5) is 0. The molecule has 3 nitrogen and oxygen atoms in total. The summed E-state index contributed by atoms with van der Waals surface area (Å²) in [6.07, 6.45) is 3.75. The maximum absolute atomic E-state index is 5.64. The monoisotopic (exact) mass is 237 g/mol. The van der Waals surface area contributed by atoms with Crippen LogP contribution in [-0.4, -0.2) is 31.0 Å². The third-order valence-corrected chi connectivity index (χ3v) is 5.85. The van der Waals surface area contributed by atoms with Gasteiger partial charge in [0.15, 0.2) is 0 Å². The molecule has 1 rings (SSSR count). The van der Waals surface area contributed by atoms with E-state index in [0.29, 0.717) is 13.2 Å². The van der Waals surface area contributed by atoms with Gasteiger partial charge in [-0.05, 0) is 38.5 Å². The Bertz CT molecular complexity index is 197. The van der Waals surface area contributed by atoms with Crippen LogP contribution in [0.3, 0.4) is 0 Å². The van der Waals surface area contributed by atoms with E-state index in [0.717, 1.165) is 13.1 Å². The Hall–Kier alpha value is 0.530. The molecule has 1 saturated heterocycles. The van der Waals surface area contributed by atoms with E-state index in [-0.39, 0.29) is 0 Å². The molecule has 5 heteroatoms. The summed E-state index contributed by atoms with van der Waals surface area (Å²) in [5.41, 5.74) is 0. The molecule has 1 fully saturated rings. The Morgan fingerprint density at radius 3 is 2.00 bits per heavy atom. The van der Waals surface area contributed by atoms with Gasteiger partial charge in [0, 0.05) is 13.1 Å². The smallest absolute Gasteiger partial charge is 0.263 e. The molecule has 1 heterocycles. The number of piperidine rings is 1. The predicted molar refractivity (Wildman–Crippen MR) is 63.0 cm³/mol. The van der Waals surface area contributed by atoms with Crippen LogP contribution in [0.25, 0.3) is 0 Å². The van der Waals surface area contributed by atoms with Gasteiger partial charge in [0.25, 0.3) is 6.64 Å². The molecule has 0 aromatic heterocycles. The van der Waals surface area contributed by atoms with Crippen LogP contribution in [0.5, 0.6) is 0 Å². The van der Waals surface area contributed by atoms with Gasteiger partial charge in [-0.15, -0.1) is 0 Å². The van der Waals surface area contributed by atoms with Crippen LogP contribution in [0.15, 0.2) is 0 Å². The fourth-order valence-electron chi connectivity index (χ4n) is 1.65. The number of nitrogens with zero attached hydrogens (tertiary/aromatic N) is 1. The molecule has 0 aromatic rings. The van der Waals surface area contributed by atoms with Crippen molar-refractivity contribution >= 4 is 18.4 Å². The lowest BCUT2D eigenvalue weighted by Gasteiger charge is -2.35. The van der Waals surface area contributed by atoms with E-state index in [4.69, 9.17) is 20.9 Å². The number of rotatable bonds is 5. The van der Waals surface area contributed by atoms with Gasteiger partial charge in [-0.3, -0.25) is 0 Å². The van der Waals surface area contributed by atoms with Crippen molar-refractivity contribution in [1.82, 2.24) is 4.67 Å². The van der Waals surface area contributed by atoms with Crippen LogP contribution in [0.4, 0.5) is 0 Å². The first kappa shape index (κ1) is 12.6. The average Bonchev–Trinajstić information content (AvgIpc) is 2.20. The van der Waals surface area contributed by atoms with Crippen LogP contribution in [-0.2, 0) is 20.9 Å². The molecule has 0 unspecified atom stereocenters. The second kappa shape index (κ2) is 6.19. The van der Waals surface area contributed by atoms with Crippen molar-refractivity contribution in [3.63, 3.8) is 0 Å². The molecular weight excluding hydrogens is 217 g/mol. The molecule has 1 aliphatic rings. The third kappa shape index (κ3) is 3.28. The van der Waals surface area contributed by atoms with Gasteiger partial charge in [-0.2, -0.15) is 0 Å². The van der Waals surface area contributed by atoms with E-state index in [9.17, 15) is 0 Å². The van der Waals surface area contributed by atoms with Crippen LogP contribution >= 0.6 is 6.64 Å². The van der Waals surface area contributed by atoms with Crippen LogP contribution in [0.2, 0.25) is 0 Å². The molecule has 0 bridgehead atoms. The lowest BCUT2D eigenvalue weighted by Crippen LogP contribution is -2.28. The Kier molecular flexibility index (Phi) is 5.57. The first-order valence-electron chi connectivity index (χ1n) is 5.37. The topological polar surface area (TPSA) is 21.7 Å². The molecule has 0 radical (unpaired) electrons. The summed E-state index contributed by atoms with van der Waals surface area (Å²) in [7, 11) is 0. The molecule has 0 saturated carbocycles. The van der Waals surface area contributed by atoms with Crippen molar-refractivity contribution in [3.05, 3.63) is 0 Å². The zero-order valence-corrected chi connectivity index (χ0v) is 10.8. The molecule has 1 aliphatic heterocycles. The van der Waals surface area contributed by atoms with E-state index in [1.165, 1.54) is 19.3 Å². The van der Waals surface area contributed by atoms with Gasteiger partial charge in [0.2, 0.25) is 0 Å². The Balaban J connectivity index is 2.59. The highest BCUT2D eigenvalue weighted by Crippen LogP contribution is 2.53. The van der Waals surface area contributed by atoms with Crippen LogP contribution in [0, 0.1) is 0 Å². The summed E-state index contributed by atoms with van der Waals surface area (Å²) in [5, 5.41) is 0. The molecule has 84 valence electrons. The minimum Gasteiger partial charge on any atom is -0.318 e. The molecule has 0 N–H and O–H groups in total. The van der Waals surface area contributed by atoms with Crippen molar-refractivity contribution in [2.24, 2.45) is 0 Å². The quantitative estimate of drug-likeness (QED) is 0.685. The highest BCUT2D eigenvalue weighted by molar-refractivity contribution is 8.08.